The highest BCUT2D eigenvalue weighted by Crippen LogP contribution is 2.15. The predicted molar refractivity (Wildman–Crippen MR) is 131 cm³/mol. The van der Waals surface area contributed by atoms with Crippen LogP contribution in [0.4, 0.5) is 0 Å². The summed E-state index contributed by atoms with van der Waals surface area (Å²) in [5, 5.41) is 11.6. The van der Waals surface area contributed by atoms with E-state index in [2.05, 4.69) is 31.2 Å². The van der Waals surface area contributed by atoms with Gasteiger partial charge in [0.2, 0.25) is 10.0 Å². The second kappa shape index (κ2) is 10.7. The van der Waals surface area contributed by atoms with Crippen LogP contribution in [0.3, 0.4) is 0 Å². The molecule has 3 aromatic rings. The van der Waals surface area contributed by atoms with Crippen molar-refractivity contribution in [2.45, 2.75) is 31.3 Å². The third kappa shape index (κ3) is 6.16. The number of hydrogen-bond donors (Lipinski definition) is 3. The number of para-hydroxylation sites is 2. The first-order valence-electron chi connectivity index (χ1n) is 9.36. The SMILES string of the molecule is CN=C(NCCCn1c(C)nc2ccccc21)NCc1cccc(S(N)(=O)=O)c1.I. The Bertz CT molecular complexity index is 1130. The molecule has 0 saturated carbocycles. The summed E-state index contributed by atoms with van der Waals surface area (Å²) in [5.74, 6) is 1.65. The standard InChI is InChI=1S/C20H26N6O2S.HI/c1-15-25-18-9-3-4-10-19(18)26(15)12-6-11-23-20(22-2)24-14-16-7-5-8-17(13-16)29(21,27)28;/h3-5,7-10,13H,6,11-12,14H2,1-2H3,(H2,21,27,28)(H2,22,23,24);1H. The van der Waals surface area contributed by atoms with Gasteiger partial charge in [0.25, 0.3) is 0 Å². The number of aliphatic imine (C=N–C) groups is 1. The minimum atomic E-state index is -3.71. The van der Waals surface area contributed by atoms with Crippen LogP contribution in [-0.4, -0.2) is 37.5 Å². The fraction of sp³-hybridized carbons (Fsp3) is 0.300. The Balaban J connectivity index is 0.00000320. The van der Waals surface area contributed by atoms with Crippen molar-refractivity contribution in [3.8, 4) is 0 Å². The highest BCUT2D eigenvalue weighted by atomic mass is 127. The van der Waals surface area contributed by atoms with E-state index in [4.69, 9.17) is 5.14 Å². The molecule has 8 nitrogen and oxygen atoms in total. The molecule has 0 fully saturated rings. The Hall–Kier alpha value is -2.18. The Labute approximate surface area is 194 Å². The topological polar surface area (TPSA) is 114 Å². The molecule has 1 heterocycles. The maximum absolute atomic E-state index is 11.5. The van der Waals surface area contributed by atoms with Gasteiger partial charge >= 0.3 is 0 Å². The number of halogens is 1. The fourth-order valence-corrected chi connectivity index (χ4v) is 3.74. The number of rotatable bonds is 7. The van der Waals surface area contributed by atoms with E-state index < -0.39 is 10.0 Å². The molecule has 3 rings (SSSR count). The largest absolute Gasteiger partial charge is 0.356 e. The Morgan fingerprint density at radius 1 is 1.17 bits per heavy atom. The summed E-state index contributed by atoms with van der Waals surface area (Å²) in [6.07, 6.45) is 0.906. The van der Waals surface area contributed by atoms with E-state index in [0.29, 0.717) is 12.5 Å². The molecule has 162 valence electrons. The molecule has 0 aliphatic rings. The number of nitrogens with two attached hydrogens (primary N) is 1. The van der Waals surface area contributed by atoms with Gasteiger partial charge in [-0.3, -0.25) is 4.99 Å². The molecule has 2 aromatic carbocycles. The average molecular weight is 542 g/mol. The molecule has 4 N–H and O–H groups in total. The van der Waals surface area contributed by atoms with Crippen LogP contribution in [-0.2, 0) is 23.1 Å². The van der Waals surface area contributed by atoms with E-state index in [9.17, 15) is 8.42 Å². The summed E-state index contributed by atoms with van der Waals surface area (Å²) in [5.41, 5.74) is 2.96. The van der Waals surface area contributed by atoms with Gasteiger partial charge in [0.05, 0.1) is 15.9 Å². The maximum atomic E-state index is 11.5. The molecule has 0 saturated heterocycles. The van der Waals surface area contributed by atoms with Crippen molar-refractivity contribution >= 4 is 51.0 Å². The summed E-state index contributed by atoms with van der Waals surface area (Å²) in [6, 6.07) is 14.7. The van der Waals surface area contributed by atoms with Crippen LogP contribution in [0.15, 0.2) is 58.4 Å². The molecule has 30 heavy (non-hydrogen) atoms. The summed E-state index contributed by atoms with van der Waals surface area (Å²) in [6.45, 7) is 4.05. The lowest BCUT2D eigenvalue weighted by molar-refractivity contribution is 0.597. The van der Waals surface area contributed by atoms with E-state index in [0.717, 1.165) is 41.9 Å². The third-order valence-electron chi connectivity index (χ3n) is 4.61. The first-order chi connectivity index (χ1) is 13.9. The Kier molecular flexibility index (Phi) is 8.62. The van der Waals surface area contributed by atoms with Gasteiger partial charge in [-0.1, -0.05) is 24.3 Å². The monoisotopic (exact) mass is 542 g/mol. The van der Waals surface area contributed by atoms with Crippen molar-refractivity contribution in [2.24, 2.45) is 10.1 Å². The number of imidazole rings is 1. The third-order valence-corrected chi connectivity index (χ3v) is 5.52. The predicted octanol–water partition coefficient (Wildman–Crippen LogP) is 2.37. The van der Waals surface area contributed by atoms with Crippen LogP contribution in [0.1, 0.15) is 17.8 Å². The normalized spacial score (nSPS) is 11.9. The molecular formula is C20H27IN6O2S. The molecule has 0 aliphatic heterocycles. The van der Waals surface area contributed by atoms with Gasteiger partial charge in [-0.15, -0.1) is 24.0 Å². The van der Waals surface area contributed by atoms with Gasteiger partial charge in [-0.25, -0.2) is 18.5 Å². The van der Waals surface area contributed by atoms with Crippen molar-refractivity contribution < 1.29 is 8.42 Å². The number of benzene rings is 2. The minimum Gasteiger partial charge on any atom is -0.356 e. The fourth-order valence-electron chi connectivity index (χ4n) is 3.16. The first-order valence-corrected chi connectivity index (χ1v) is 10.9. The number of sulfonamides is 1. The van der Waals surface area contributed by atoms with Crippen molar-refractivity contribution in [2.75, 3.05) is 13.6 Å². The zero-order valence-electron chi connectivity index (χ0n) is 17.0. The van der Waals surface area contributed by atoms with Crippen LogP contribution in [0.5, 0.6) is 0 Å². The van der Waals surface area contributed by atoms with Crippen LogP contribution >= 0.6 is 24.0 Å². The van der Waals surface area contributed by atoms with E-state index in [1.54, 1.807) is 19.2 Å². The van der Waals surface area contributed by atoms with Crippen LogP contribution in [0.2, 0.25) is 0 Å². The van der Waals surface area contributed by atoms with E-state index in [1.807, 2.05) is 31.2 Å². The molecule has 0 amide bonds. The molecule has 0 bridgehead atoms. The summed E-state index contributed by atoms with van der Waals surface area (Å²) < 4.78 is 25.2. The molecule has 0 aliphatic carbocycles. The number of aromatic nitrogens is 2. The highest BCUT2D eigenvalue weighted by Gasteiger charge is 2.09. The van der Waals surface area contributed by atoms with Gasteiger partial charge in [0.1, 0.15) is 5.82 Å². The van der Waals surface area contributed by atoms with E-state index in [-0.39, 0.29) is 28.9 Å². The summed E-state index contributed by atoms with van der Waals surface area (Å²) in [4.78, 5) is 8.89. The van der Waals surface area contributed by atoms with Crippen molar-refractivity contribution in [3.05, 3.63) is 59.9 Å². The van der Waals surface area contributed by atoms with Gasteiger partial charge < -0.3 is 15.2 Å². The molecule has 0 atom stereocenters. The van der Waals surface area contributed by atoms with Gasteiger partial charge in [-0.2, -0.15) is 0 Å². The molecule has 1 aromatic heterocycles. The lowest BCUT2D eigenvalue weighted by atomic mass is 10.2. The van der Waals surface area contributed by atoms with Crippen molar-refractivity contribution in [1.82, 2.24) is 20.2 Å². The number of fused-ring (bicyclic) bond motifs is 1. The zero-order chi connectivity index (χ0) is 20.9. The van der Waals surface area contributed by atoms with E-state index in [1.165, 1.54) is 6.07 Å². The molecule has 0 unspecified atom stereocenters. The summed E-state index contributed by atoms with van der Waals surface area (Å²) >= 11 is 0. The second-order valence-corrected chi connectivity index (χ2v) is 8.26. The molecule has 10 heteroatoms. The van der Waals surface area contributed by atoms with Crippen molar-refractivity contribution in [3.63, 3.8) is 0 Å². The van der Waals surface area contributed by atoms with E-state index >= 15 is 0 Å². The van der Waals surface area contributed by atoms with Gasteiger partial charge in [0.15, 0.2) is 5.96 Å². The molecule has 0 spiro atoms. The van der Waals surface area contributed by atoms with Crippen molar-refractivity contribution in [1.29, 1.82) is 0 Å². The second-order valence-electron chi connectivity index (χ2n) is 6.70. The Morgan fingerprint density at radius 3 is 2.67 bits per heavy atom. The highest BCUT2D eigenvalue weighted by molar-refractivity contribution is 14.0. The number of nitrogens with zero attached hydrogens (tertiary/aromatic N) is 3. The minimum absolute atomic E-state index is 0. The number of nitrogens with one attached hydrogen (secondary N) is 2. The van der Waals surface area contributed by atoms with Crippen LogP contribution < -0.4 is 15.8 Å². The van der Waals surface area contributed by atoms with Crippen LogP contribution in [0, 0.1) is 6.92 Å². The maximum Gasteiger partial charge on any atom is 0.238 e. The smallest absolute Gasteiger partial charge is 0.238 e. The first kappa shape index (κ1) is 24.1. The quantitative estimate of drug-likeness (QED) is 0.184. The number of aryl methyl sites for hydroxylation is 2. The number of guanidine groups is 1. The number of primary sulfonamides is 1. The zero-order valence-corrected chi connectivity index (χ0v) is 20.1. The average Bonchev–Trinajstić information content (AvgIpc) is 3.02. The molecular weight excluding hydrogens is 515 g/mol. The lowest BCUT2D eigenvalue weighted by Gasteiger charge is -2.13. The van der Waals surface area contributed by atoms with Gasteiger partial charge in [0, 0.05) is 26.7 Å². The Morgan fingerprint density at radius 2 is 1.93 bits per heavy atom. The summed E-state index contributed by atoms with van der Waals surface area (Å²) in [7, 11) is -2.01. The number of hydrogen-bond acceptors (Lipinski definition) is 4. The molecule has 0 radical (unpaired) electrons. The van der Waals surface area contributed by atoms with Crippen LogP contribution in [0.25, 0.3) is 11.0 Å². The van der Waals surface area contributed by atoms with Gasteiger partial charge in [-0.05, 0) is 43.2 Å². The lowest BCUT2D eigenvalue weighted by Crippen LogP contribution is -2.37.